The number of nitriles is 1. The highest BCUT2D eigenvalue weighted by Gasteiger charge is 2.39. The van der Waals surface area contributed by atoms with Gasteiger partial charge in [0.05, 0.1) is 31.0 Å². The first-order valence-corrected chi connectivity index (χ1v) is 8.99. The van der Waals surface area contributed by atoms with Gasteiger partial charge in [0.2, 0.25) is 0 Å². The molecule has 1 N–H and O–H groups in total. The van der Waals surface area contributed by atoms with Crippen LogP contribution in [0.4, 0.5) is 5.69 Å². The highest BCUT2D eigenvalue weighted by Crippen LogP contribution is 2.45. The Morgan fingerprint density at radius 1 is 1.15 bits per heavy atom. The lowest BCUT2D eigenvalue weighted by Gasteiger charge is -2.14. The number of benzene rings is 2. The number of methoxy groups -OCH3 is 2. The Labute approximate surface area is 162 Å². The summed E-state index contributed by atoms with van der Waals surface area (Å²) in [6.07, 6.45) is 2.60. The van der Waals surface area contributed by atoms with Crippen LogP contribution in [-0.2, 0) is 0 Å². The highest BCUT2D eigenvalue weighted by atomic mass is 35.5. The van der Waals surface area contributed by atoms with E-state index in [9.17, 15) is 5.26 Å². The summed E-state index contributed by atoms with van der Waals surface area (Å²) >= 11 is 5.98. The summed E-state index contributed by atoms with van der Waals surface area (Å²) in [5.74, 6) is 1.62. The number of anilines is 1. The van der Waals surface area contributed by atoms with E-state index in [-0.39, 0.29) is 6.04 Å². The van der Waals surface area contributed by atoms with Crippen LogP contribution in [-0.4, -0.2) is 25.2 Å². The Morgan fingerprint density at radius 2 is 1.85 bits per heavy atom. The summed E-state index contributed by atoms with van der Waals surface area (Å²) in [6, 6.07) is 14.1. The fourth-order valence-corrected chi connectivity index (χ4v) is 3.50. The van der Waals surface area contributed by atoms with Gasteiger partial charge in [-0.05, 0) is 30.2 Å². The molecule has 1 aliphatic carbocycles. The van der Waals surface area contributed by atoms with Gasteiger partial charge < -0.3 is 14.8 Å². The van der Waals surface area contributed by atoms with Crippen LogP contribution in [0.3, 0.4) is 0 Å². The molecule has 0 bridgehead atoms. The van der Waals surface area contributed by atoms with Crippen molar-refractivity contribution in [3.05, 3.63) is 58.7 Å². The van der Waals surface area contributed by atoms with Gasteiger partial charge in [-0.15, -0.1) is 0 Å². The largest absolute Gasteiger partial charge is 0.493 e. The average molecular weight is 380 g/mol. The summed E-state index contributed by atoms with van der Waals surface area (Å²) in [5, 5.41) is 14.7. The molecule has 0 radical (unpaired) electrons. The van der Waals surface area contributed by atoms with Crippen LogP contribution in [0.25, 0.3) is 10.9 Å². The number of hydrogen-bond donors (Lipinski definition) is 1. The third kappa shape index (κ3) is 3.24. The zero-order chi connectivity index (χ0) is 19.0. The second-order valence-electron chi connectivity index (χ2n) is 6.53. The maximum Gasteiger partial charge on any atom is 0.162 e. The van der Waals surface area contributed by atoms with E-state index >= 15 is 0 Å². The van der Waals surface area contributed by atoms with Crippen molar-refractivity contribution in [2.45, 2.75) is 18.4 Å². The predicted octanol–water partition coefficient (Wildman–Crippen LogP) is 4.75. The SMILES string of the molecule is COc1cc2ncc(C#N)c(N[C@@H]3C[C@H]3c3ccc(Cl)cc3)c2cc1OC. The Bertz CT molecular complexity index is 1040. The number of ether oxygens (including phenoxy) is 2. The highest BCUT2D eigenvalue weighted by molar-refractivity contribution is 6.30. The van der Waals surface area contributed by atoms with Crippen molar-refractivity contribution in [1.82, 2.24) is 4.98 Å². The second-order valence-corrected chi connectivity index (χ2v) is 6.96. The van der Waals surface area contributed by atoms with Gasteiger partial charge in [0.25, 0.3) is 0 Å². The molecule has 0 saturated heterocycles. The van der Waals surface area contributed by atoms with Gasteiger partial charge in [-0.2, -0.15) is 5.26 Å². The minimum absolute atomic E-state index is 0.261. The van der Waals surface area contributed by atoms with Gasteiger partial charge in [-0.1, -0.05) is 23.7 Å². The quantitative estimate of drug-likeness (QED) is 0.693. The van der Waals surface area contributed by atoms with Crippen LogP contribution in [0.1, 0.15) is 23.5 Å². The van der Waals surface area contributed by atoms with Gasteiger partial charge in [0, 0.05) is 34.6 Å². The molecule has 3 aromatic rings. The summed E-state index contributed by atoms with van der Waals surface area (Å²) in [5.41, 5.74) is 3.28. The van der Waals surface area contributed by atoms with Gasteiger partial charge in [-0.25, -0.2) is 0 Å². The monoisotopic (exact) mass is 379 g/mol. The summed E-state index contributed by atoms with van der Waals surface area (Å²) < 4.78 is 10.8. The van der Waals surface area contributed by atoms with Crippen molar-refractivity contribution in [1.29, 1.82) is 5.26 Å². The minimum Gasteiger partial charge on any atom is -0.493 e. The molecule has 6 heteroatoms. The Morgan fingerprint density at radius 3 is 2.52 bits per heavy atom. The average Bonchev–Trinajstić information content (AvgIpc) is 3.46. The Hall–Kier alpha value is -2.97. The number of rotatable bonds is 5. The molecule has 0 unspecified atom stereocenters. The Kier molecular flexibility index (Phi) is 4.51. The molecule has 1 aliphatic rings. The molecule has 2 atom stereocenters. The molecule has 2 aromatic carbocycles. The molecule has 4 rings (SSSR count). The smallest absolute Gasteiger partial charge is 0.162 e. The fourth-order valence-electron chi connectivity index (χ4n) is 3.38. The summed E-state index contributed by atoms with van der Waals surface area (Å²) in [6.45, 7) is 0. The van der Waals surface area contributed by atoms with Crippen LogP contribution in [0.2, 0.25) is 5.02 Å². The first-order chi connectivity index (χ1) is 13.1. The normalized spacial score (nSPS) is 18.0. The number of pyridine rings is 1. The van der Waals surface area contributed by atoms with Crippen molar-refractivity contribution in [3.63, 3.8) is 0 Å². The van der Waals surface area contributed by atoms with E-state index in [1.165, 1.54) is 5.56 Å². The van der Waals surface area contributed by atoms with E-state index in [4.69, 9.17) is 21.1 Å². The lowest BCUT2D eigenvalue weighted by molar-refractivity contribution is 0.356. The molecule has 5 nitrogen and oxygen atoms in total. The van der Waals surface area contributed by atoms with Gasteiger partial charge in [-0.3, -0.25) is 4.98 Å². The molecule has 0 aliphatic heterocycles. The molecular weight excluding hydrogens is 362 g/mol. The van der Waals surface area contributed by atoms with Crippen LogP contribution < -0.4 is 14.8 Å². The second kappa shape index (κ2) is 6.98. The van der Waals surface area contributed by atoms with Gasteiger partial charge >= 0.3 is 0 Å². The maximum absolute atomic E-state index is 9.55. The summed E-state index contributed by atoms with van der Waals surface area (Å²) in [4.78, 5) is 4.40. The van der Waals surface area contributed by atoms with Crippen LogP contribution in [0.5, 0.6) is 11.5 Å². The lowest BCUT2D eigenvalue weighted by Crippen LogP contribution is -2.07. The number of nitrogens with one attached hydrogen (secondary N) is 1. The minimum atomic E-state index is 0.261. The van der Waals surface area contributed by atoms with E-state index in [1.54, 1.807) is 20.4 Å². The predicted molar refractivity (Wildman–Crippen MR) is 106 cm³/mol. The van der Waals surface area contributed by atoms with Crippen LogP contribution >= 0.6 is 11.6 Å². The van der Waals surface area contributed by atoms with Crippen molar-refractivity contribution >= 4 is 28.2 Å². The topological polar surface area (TPSA) is 67.2 Å². The van der Waals surface area contributed by atoms with Crippen molar-refractivity contribution in [3.8, 4) is 17.6 Å². The standard InChI is InChI=1S/C21H18ClN3O2/c1-26-19-8-16-17(9-20(19)27-2)24-11-13(10-23)21(16)25-18-7-15(18)12-3-5-14(22)6-4-12/h3-6,8-9,11,15,18H,7H2,1-2H3,(H,24,25)/t15-,18+/m0/s1. The van der Waals surface area contributed by atoms with E-state index in [0.29, 0.717) is 23.0 Å². The van der Waals surface area contributed by atoms with Crippen molar-refractivity contribution < 1.29 is 9.47 Å². The third-order valence-electron chi connectivity index (χ3n) is 4.91. The van der Waals surface area contributed by atoms with Crippen molar-refractivity contribution in [2.75, 3.05) is 19.5 Å². The van der Waals surface area contributed by atoms with Gasteiger partial charge in [0.1, 0.15) is 6.07 Å². The van der Waals surface area contributed by atoms with Gasteiger partial charge in [0.15, 0.2) is 11.5 Å². The zero-order valence-corrected chi connectivity index (χ0v) is 15.7. The number of nitrogens with zero attached hydrogens (tertiary/aromatic N) is 2. The van der Waals surface area contributed by atoms with Crippen molar-refractivity contribution in [2.24, 2.45) is 0 Å². The number of aromatic nitrogens is 1. The molecule has 1 heterocycles. The lowest BCUT2D eigenvalue weighted by atomic mass is 10.1. The summed E-state index contributed by atoms with van der Waals surface area (Å²) in [7, 11) is 3.18. The van der Waals surface area contributed by atoms with Crippen LogP contribution in [0.15, 0.2) is 42.6 Å². The third-order valence-corrected chi connectivity index (χ3v) is 5.16. The fraction of sp³-hybridized carbons (Fsp3) is 0.238. The number of halogens is 1. The van der Waals surface area contributed by atoms with E-state index < -0.39 is 0 Å². The maximum atomic E-state index is 9.55. The molecule has 27 heavy (non-hydrogen) atoms. The first-order valence-electron chi connectivity index (χ1n) is 8.61. The van der Waals surface area contributed by atoms with E-state index in [2.05, 4.69) is 28.5 Å². The number of hydrogen-bond acceptors (Lipinski definition) is 5. The zero-order valence-electron chi connectivity index (χ0n) is 15.0. The molecule has 1 fully saturated rings. The first kappa shape index (κ1) is 17.4. The molecule has 1 aromatic heterocycles. The molecule has 1 saturated carbocycles. The number of fused-ring (bicyclic) bond motifs is 1. The Balaban J connectivity index is 1.70. The molecule has 136 valence electrons. The molecular formula is C21H18ClN3O2. The molecule has 0 spiro atoms. The van der Waals surface area contributed by atoms with E-state index in [0.717, 1.165) is 28.0 Å². The van der Waals surface area contributed by atoms with E-state index in [1.807, 2.05) is 24.3 Å². The molecule has 0 amide bonds. The van der Waals surface area contributed by atoms with Crippen LogP contribution in [0, 0.1) is 11.3 Å².